The predicted molar refractivity (Wildman–Crippen MR) is 109 cm³/mol. The van der Waals surface area contributed by atoms with Gasteiger partial charge in [0.2, 0.25) is 5.91 Å². The van der Waals surface area contributed by atoms with Gasteiger partial charge in [-0.2, -0.15) is 0 Å². The zero-order valence-electron chi connectivity index (χ0n) is 17.9. The van der Waals surface area contributed by atoms with Crippen molar-refractivity contribution >= 4 is 5.91 Å². The van der Waals surface area contributed by atoms with E-state index in [1.165, 1.54) is 5.56 Å². The fourth-order valence-electron chi connectivity index (χ4n) is 3.17. The molecule has 0 bridgehead atoms. The number of amides is 1. The molecule has 2 rings (SSSR count). The molecule has 0 atom stereocenters. The van der Waals surface area contributed by atoms with Crippen molar-refractivity contribution in [2.75, 3.05) is 39.9 Å². The molecule has 1 amide bonds. The number of benzene rings is 1. The first-order valence-corrected chi connectivity index (χ1v) is 9.98. The fourth-order valence-corrected chi connectivity index (χ4v) is 3.17. The average Bonchev–Trinajstić information content (AvgIpc) is 2.59. The van der Waals surface area contributed by atoms with Crippen molar-refractivity contribution in [2.24, 2.45) is 11.3 Å². The monoisotopic (exact) mass is 376 g/mol. The maximum Gasteiger partial charge on any atom is 0.223 e. The van der Waals surface area contributed by atoms with E-state index in [0.29, 0.717) is 18.9 Å². The Hall–Kier alpha value is -1.75. The molecule has 0 unspecified atom stereocenters. The number of hydrogen-bond donors (Lipinski definition) is 0. The number of piperazine rings is 1. The Morgan fingerprint density at radius 1 is 1.11 bits per heavy atom. The number of carbonyl (C=O) groups is 1. The van der Waals surface area contributed by atoms with Gasteiger partial charge in [0.25, 0.3) is 0 Å². The number of methoxy groups -OCH3 is 1. The molecule has 1 aromatic carbocycles. The first-order chi connectivity index (χ1) is 12.7. The van der Waals surface area contributed by atoms with Crippen molar-refractivity contribution in [3.63, 3.8) is 0 Å². The molecule has 5 heteroatoms. The van der Waals surface area contributed by atoms with E-state index in [0.717, 1.165) is 44.2 Å². The number of hydrogen-bond acceptors (Lipinski definition) is 4. The van der Waals surface area contributed by atoms with Crippen LogP contribution in [0, 0.1) is 11.3 Å². The summed E-state index contributed by atoms with van der Waals surface area (Å²) in [6, 6.07) is 6.17. The summed E-state index contributed by atoms with van der Waals surface area (Å²) in [4.78, 5) is 16.8. The summed E-state index contributed by atoms with van der Waals surface area (Å²) in [5, 5.41) is 0. The molecule has 1 heterocycles. The lowest BCUT2D eigenvalue weighted by atomic mass is 9.91. The Kier molecular flexibility index (Phi) is 7.54. The molecule has 0 radical (unpaired) electrons. The van der Waals surface area contributed by atoms with Crippen molar-refractivity contribution in [1.29, 1.82) is 0 Å². The Balaban J connectivity index is 1.88. The Bertz CT molecular complexity index is 614. The summed E-state index contributed by atoms with van der Waals surface area (Å²) in [6.07, 6.45) is 0.613. The molecule has 1 aromatic rings. The average molecular weight is 377 g/mol. The summed E-state index contributed by atoms with van der Waals surface area (Å²) < 4.78 is 11.3. The Labute approximate surface area is 164 Å². The highest BCUT2D eigenvalue weighted by Crippen LogP contribution is 2.29. The van der Waals surface area contributed by atoms with Crippen LogP contribution in [0.15, 0.2) is 18.2 Å². The third-order valence-corrected chi connectivity index (χ3v) is 4.61. The maximum absolute atomic E-state index is 12.4. The van der Waals surface area contributed by atoms with Crippen molar-refractivity contribution in [3.8, 4) is 11.5 Å². The van der Waals surface area contributed by atoms with E-state index in [2.05, 4.69) is 51.7 Å². The molecule has 1 aliphatic rings. The second-order valence-electron chi connectivity index (χ2n) is 9.08. The van der Waals surface area contributed by atoms with E-state index in [-0.39, 0.29) is 11.3 Å². The topological polar surface area (TPSA) is 42.0 Å². The summed E-state index contributed by atoms with van der Waals surface area (Å²) >= 11 is 0. The van der Waals surface area contributed by atoms with Gasteiger partial charge in [0.05, 0.1) is 13.7 Å². The normalized spacial score (nSPS) is 15.9. The molecule has 0 aromatic heterocycles. The molecule has 0 spiro atoms. The highest BCUT2D eigenvalue weighted by Gasteiger charge is 2.25. The smallest absolute Gasteiger partial charge is 0.223 e. The van der Waals surface area contributed by atoms with Crippen LogP contribution in [0.4, 0.5) is 0 Å². The van der Waals surface area contributed by atoms with Gasteiger partial charge in [0.15, 0.2) is 11.5 Å². The summed E-state index contributed by atoms with van der Waals surface area (Å²) in [5.74, 6) is 2.34. The van der Waals surface area contributed by atoms with Crippen LogP contribution in [0.25, 0.3) is 0 Å². The Morgan fingerprint density at radius 3 is 2.33 bits per heavy atom. The Morgan fingerprint density at radius 2 is 1.78 bits per heavy atom. The standard InChI is InChI=1S/C22H36N2O3/c1-17(2)16-27-19-8-7-18(13-20(19)26-6)15-23-9-11-24(12-10-23)21(25)14-22(3,4)5/h7-8,13,17H,9-12,14-16H2,1-6H3. The van der Waals surface area contributed by atoms with Crippen molar-refractivity contribution in [3.05, 3.63) is 23.8 Å². The van der Waals surface area contributed by atoms with Gasteiger partial charge in [-0.3, -0.25) is 9.69 Å². The van der Waals surface area contributed by atoms with Gasteiger partial charge in [-0.1, -0.05) is 40.7 Å². The van der Waals surface area contributed by atoms with Crippen molar-refractivity contribution in [1.82, 2.24) is 9.80 Å². The van der Waals surface area contributed by atoms with E-state index >= 15 is 0 Å². The SMILES string of the molecule is COc1cc(CN2CCN(C(=O)CC(C)(C)C)CC2)ccc1OCC(C)C. The second-order valence-corrected chi connectivity index (χ2v) is 9.08. The van der Waals surface area contributed by atoms with Crippen LogP contribution in [-0.2, 0) is 11.3 Å². The highest BCUT2D eigenvalue weighted by molar-refractivity contribution is 5.76. The summed E-state index contributed by atoms with van der Waals surface area (Å²) in [7, 11) is 1.68. The molecule has 1 fully saturated rings. The van der Waals surface area contributed by atoms with Crippen LogP contribution in [0.1, 0.15) is 46.6 Å². The van der Waals surface area contributed by atoms with Gasteiger partial charge < -0.3 is 14.4 Å². The van der Waals surface area contributed by atoms with Crippen LogP contribution in [0.5, 0.6) is 11.5 Å². The molecule has 5 nitrogen and oxygen atoms in total. The molecule has 0 N–H and O–H groups in total. The van der Waals surface area contributed by atoms with Crippen molar-refractivity contribution in [2.45, 2.75) is 47.6 Å². The molecule has 0 saturated carbocycles. The lowest BCUT2D eigenvalue weighted by Gasteiger charge is -2.36. The van der Waals surface area contributed by atoms with E-state index in [1.54, 1.807) is 7.11 Å². The third kappa shape index (κ3) is 7.06. The lowest BCUT2D eigenvalue weighted by Crippen LogP contribution is -2.48. The summed E-state index contributed by atoms with van der Waals surface area (Å²) in [6.45, 7) is 15.6. The van der Waals surface area contributed by atoms with Gasteiger partial charge in [-0.25, -0.2) is 0 Å². The number of rotatable bonds is 7. The first-order valence-electron chi connectivity index (χ1n) is 9.98. The van der Waals surface area contributed by atoms with Gasteiger partial charge in [0.1, 0.15) is 0 Å². The quantitative estimate of drug-likeness (QED) is 0.726. The van der Waals surface area contributed by atoms with E-state index < -0.39 is 0 Å². The lowest BCUT2D eigenvalue weighted by molar-refractivity contribution is -0.134. The van der Waals surface area contributed by atoms with E-state index in [4.69, 9.17) is 9.47 Å². The molecule has 1 saturated heterocycles. The van der Waals surface area contributed by atoms with Crippen LogP contribution in [0.3, 0.4) is 0 Å². The van der Waals surface area contributed by atoms with Gasteiger partial charge in [-0.05, 0) is 29.0 Å². The minimum atomic E-state index is 0.0458. The molecule has 0 aliphatic carbocycles. The molecular weight excluding hydrogens is 340 g/mol. The molecule has 152 valence electrons. The van der Waals surface area contributed by atoms with Gasteiger partial charge in [-0.15, -0.1) is 0 Å². The zero-order valence-corrected chi connectivity index (χ0v) is 17.9. The number of nitrogens with zero attached hydrogens (tertiary/aromatic N) is 2. The third-order valence-electron chi connectivity index (χ3n) is 4.61. The number of carbonyl (C=O) groups excluding carboxylic acids is 1. The first kappa shape index (κ1) is 21.5. The zero-order chi connectivity index (χ0) is 20.0. The van der Waals surface area contributed by atoms with E-state index in [9.17, 15) is 4.79 Å². The predicted octanol–water partition coefficient (Wildman–Crippen LogP) is 3.81. The van der Waals surface area contributed by atoms with Gasteiger partial charge >= 0.3 is 0 Å². The fraction of sp³-hybridized carbons (Fsp3) is 0.682. The van der Waals surface area contributed by atoms with Crippen LogP contribution in [-0.4, -0.2) is 55.6 Å². The minimum absolute atomic E-state index is 0.0458. The number of ether oxygens (including phenoxy) is 2. The largest absolute Gasteiger partial charge is 0.493 e. The van der Waals surface area contributed by atoms with E-state index in [1.807, 2.05) is 11.0 Å². The highest BCUT2D eigenvalue weighted by atomic mass is 16.5. The second kappa shape index (κ2) is 9.45. The van der Waals surface area contributed by atoms with Crippen LogP contribution in [0.2, 0.25) is 0 Å². The molecule has 1 aliphatic heterocycles. The summed E-state index contributed by atoms with van der Waals surface area (Å²) in [5.41, 5.74) is 1.25. The van der Waals surface area contributed by atoms with Crippen LogP contribution >= 0.6 is 0 Å². The van der Waals surface area contributed by atoms with Crippen molar-refractivity contribution < 1.29 is 14.3 Å². The molecular formula is C22H36N2O3. The maximum atomic E-state index is 12.4. The molecule has 27 heavy (non-hydrogen) atoms. The van der Waals surface area contributed by atoms with Gasteiger partial charge in [0, 0.05) is 39.1 Å². The van der Waals surface area contributed by atoms with Crippen LogP contribution < -0.4 is 9.47 Å². The minimum Gasteiger partial charge on any atom is -0.493 e.